The number of carboxylic acid groups (broad SMARTS) is 1. The molecule has 1 heterocycles. The van der Waals surface area contributed by atoms with Crippen molar-refractivity contribution in [1.82, 2.24) is 10.3 Å². The maximum absolute atomic E-state index is 11.7. The molecule has 1 atom stereocenters. The van der Waals surface area contributed by atoms with Crippen LogP contribution in [0.4, 0.5) is 0 Å². The fourth-order valence-corrected chi connectivity index (χ4v) is 3.01. The van der Waals surface area contributed by atoms with Crippen LogP contribution in [0.2, 0.25) is 0 Å². The molecule has 5 nitrogen and oxygen atoms in total. The monoisotopic (exact) mass is 352 g/mol. The number of nitrogens with one attached hydrogen (secondary N) is 2. The van der Waals surface area contributed by atoms with Gasteiger partial charge in [0.2, 0.25) is 0 Å². The average molecular weight is 352 g/mol. The van der Waals surface area contributed by atoms with Crippen LogP contribution in [-0.2, 0) is 17.8 Å². The molecule has 0 spiro atoms. The molecule has 0 fully saturated rings. The van der Waals surface area contributed by atoms with Crippen molar-refractivity contribution in [2.75, 3.05) is 0 Å². The van der Waals surface area contributed by atoms with Crippen molar-refractivity contribution in [2.45, 2.75) is 39.0 Å². The minimum atomic E-state index is -0.857. The number of fused-ring (bicyclic) bond motifs is 1. The van der Waals surface area contributed by atoms with E-state index in [0.717, 1.165) is 27.8 Å². The van der Waals surface area contributed by atoms with E-state index in [9.17, 15) is 9.90 Å². The number of ether oxygens (including phenoxy) is 1. The molecule has 2 aromatic carbocycles. The SMILES string of the molecule is CC(C)Oc1cccc(CN[C@@H](Cc2c[nH]c3ccccc23)C(=O)O)c1. The first-order valence-electron chi connectivity index (χ1n) is 8.79. The maximum atomic E-state index is 11.7. The molecular weight excluding hydrogens is 328 g/mol. The summed E-state index contributed by atoms with van der Waals surface area (Å²) in [4.78, 5) is 14.9. The van der Waals surface area contributed by atoms with Gasteiger partial charge in [-0.1, -0.05) is 30.3 Å². The predicted molar refractivity (Wildman–Crippen MR) is 102 cm³/mol. The van der Waals surface area contributed by atoms with Crippen molar-refractivity contribution < 1.29 is 14.6 Å². The number of hydrogen-bond acceptors (Lipinski definition) is 3. The Morgan fingerprint density at radius 3 is 2.77 bits per heavy atom. The Morgan fingerprint density at radius 1 is 1.19 bits per heavy atom. The highest BCUT2D eigenvalue weighted by molar-refractivity contribution is 5.84. The van der Waals surface area contributed by atoms with Gasteiger partial charge in [0.15, 0.2) is 0 Å². The van der Waals surface area contributed by atoms with Crippen LogP contribution in [-0.4, -0.2) is 28.2 Å². The van der Waals surface area contributed by atoms with Crippen molar-refractivity contribution >= 4 is 16.9 Å². The Hall–Kier alpha value is -2.79. The van der Waals surface area contributed by atoms with Gasteiger partial charge in [0, 0.05) is 30.1 Å². The molecule has 0 saturated heterocycles. The van der Waals surface area contributed by atoms with Crippen LogP contribution >= 0.6 is 0 Å². The second kappa shape index (κ2) is 8.06. The number of H-pyrrole nitrogens is 1. The summed E-state index contributed by atoms with van der Waals surface area (Å²) in [5, 5.41) is 13.8. The lowest BCUT2D eigenvalue weighted by Gasteiger charge is -2.15. The Morgan fingerprint density at radius 2 is 2.00 bits per heavy atom. The number of aliphatic carboxylic acids is 1. The number of carbonyl (C=O) groups is 1. The van der Waals surface area contributed by atoms with Crippen LogP contribution in [0.1, 0.15) is 25.0 Å². The Balaban J connectivity index is 1.69. The standard InChI is InChI=1S/C21H24N2O3/c1-14(2)26-17-7-5-6-15(10-17)12-22-20(21(24)25)11-16-13-23-19-9-4-3-8-18(16)19/h3-10,13-14,20,22-23H,11-12H2,1-2H3,(H,24,25)/t20-/m0/s1. The van der Waals surface area contributed by atoms with Crippen molar-refractivity contribution in [3.05, 3.63) is 65.9 Å². The lowest BCUT2D eigenvalue weighted by Crippen LogP contribution is -2.38. The Bertz CT molecular complexity index is 886. The average Bonchev–Trinajstić information content (AvgIpc) is 3.01. The van der Waals surface area contributed by atoms with Crippen molar-refractivity contribution in [2.24, 2.45) is 0 Å². The summed E-state index contributed by atoms with van der Waals surface area (Å²) in [7, 11) is 0. The lowest BCUT2D eigenvalue weighted by atomic mass is 10.0. The van der Waals surface area contributed by atoms with Crippen LogP contribution < -0.4 is 10.1 Å². The molecule has 1 aromatic heterocycles. The zero-order chi connectivity index (χ0) is 18.5. The van der Waals surface area contributed by atoms with E-state index in [2.05, 4.69) is 10.3 Å². The Kier molecular flexibility index (Phi) is 5.58. The number of para-hydroxylation sites is 1. The first-order valence-corrected chi connectivity index (χ1v) is 8.79. The third-order valence-electron chi connectivity index (χ3n) is 4.22. The number of aromatic amines is 1. The zero-order valence-corrected chi connectivity index (χ0v) is 15.0. The van der Waals surface area contributed by atoms with E-state index in [0.29, 0.717) is 13.0 Å². The highest BCUT2D eigenvalue weighted by Crippen LogP contribution is 2.20. The van der Waals surface area contributed by atoms with E-state index in [1.54, 1.807) is 0 Å². The van der Waals surface area contributed by atoms with Gasteiger partial charge in [-0.2, -0.15) is 0 Å². The Labute approximate surface area is 153 Å². The number of hydrogen-bond donors (Lipinski definition) is 3. The topological polar surface area (TPSA) is 74.3 Å². The quantitative estimate of drug-likeness (QED) is 0.577. The maximum Gasteiger partial charge on any atom is 0.321 e. The summed E-state index contributed by atoms with van der Waals surface area (Å²) < 4.78 is 5.69. The molecule has 136 valence electrons. The predicted octanol–water partition coefficient (Wildman–Crippen LogP) is 3.74. The molecular formula is C21H24N2O3. The lowest BCUT2D eigenvalue weighted by molar-refractivity contribution is -0.139. The van der Waals surface area contributed by atoms with E-state index in [1.165, 1.54) is 0 Å². The van der Waals surface area contributed by atoms with E-state index in [1.807, 2.05) is 68.6 Å². The van der Waals surface area contributed by atoms with Gasteiger partial charge < -0.3 is 20.1 Å². The molecule has 0 aliphatic rings. The third kappa shape index (κ3) is 4.43. The molecule has 3 aromatic rings. The third-order valence-corrected chi connectivity index (χ3v) is 4.22. The molecule has 0 radical (unpaired) electrons. The summed E-state index contributed by atoms with van der Waals surface area (Å²) in [5.41, 5.74) is 3.01. The zero-order valence-electron chi connectivity index (χ0n) is 15.0. The normalized spacial score (nSPS) is 12.4. The molecule has 0 amide bonds. The van der Waals surface area contributed by atoms with Crippen molar-refractivity contribution in [1.29, 1.82) is 0 Å². The number of carboxylic acids is 1. The minimum absolute atomic E-state index is 0.104. The molecule has 0 aliphatic heterocycles. The number of aromatic nitrogens is 1. The molecule has 0 saturated carbocycles. The fourth-order valence-electron chi connectivity index (χ4n) is 3.01. The summed E-state index contributed by atoms with van der Waals surface area (Å²) >= 11 is 0. The fraction of sp³-hybridized carbons (Fsp3) is 0.286. The molecule has 3 rings (SSSR count). The largest absolute Gasteiger partial charge is 0.491 e. The highest BCUT2D eigenvalue weighted by Gasteiger charge is 2.19. The first-order chi connectivity index (χ1) is 12.5. The van der Waals surface area contributed by atoms with Gasteiger partial charge in [0.05, 0.1) is 6.10 Å². The van der Waals surface area contributed by atoms with Gasteiger partial charge in [-0.05, 0) is 43.2 Å². The van der Waals surface area contributed by atoms with Crippen molar-refractivity contribution in [3.63, 3.8) is 0 Å². The van der Waals surface area contributed by atoms with Crippen LogP contribution in [0, 0.1) is 0 Å². The van der Waals surface area contributed by atoms with E-state index in [-0.39, 0.29) is 6.10 Å². The molecule has 5 heteroatoms. The summed E-state index contributed by atoms with van der Waals surface area (Å²) in [6.45, 7) is 4.42. The van der Waals surface area contributed by atoms with Gasteiger partial charge in [-0.25, -0.2) is 0 Å². The van der Waals surface area contributed by atoms with Gasteiger partial charge >= 0.3 is 5.97 Å². The highest BCUT2D eigenvalue weighted by atomic mass is 16.5. The summed E-state index contributed by atoms with van der Waals surface area (Å²) in [5.74, 6) is -0.0623. The minimum Gasteiger partial charge on any atom is -0.491 e. The van der Waals surface area contributed by atoms with Gasteiger partial charge in [-0.3, -0.25) is 4.79 Å². The molecule has 0 unspecified atom stereocenters. The number of rotatable bonds is 8. The van der Waals surface area contributed by atoms with E-state index >= 15 is 0 Å². The van der Waals surface area contributed by atoms with Crippen LogP contribution in [0.5, 0.6) is 5.75 Å². The molecule has 0 bridgehead atoms. The van der Waals surface area contributed by atoms with Crippen molar-refractivity contribution in [3.8, 4) is 5.75 Å². The van der Waals surface area contributed by atoms with E-state index in [4.69, 9.17) is 4.74 Å². The second-order valence-corrected chi connectivity index (χ2v) is 6.65. The van der Waals surface area contributed by atoms with Crippen LogP contribution in [0.25, 0.3) is 10.9 Å². The first kappa shape index (κ1) is 18.0. The molecule has 26 heavy (non-hydrogen) atoms. The van der Waals surface area contributed by atoms with Gasteiger partial charge in [0.25, 0.3) is 0 Å². The smallest absolute Gasteiger partial charge is 0.321 e. The summed E-state index contributed by atoms with van der Waals surface area (Å²) in [6, 6.07) is 15.0. The van der Waals surface area contributed by atoms with Gasteiger partial charge in [0.1, 0.15) is 11.8 Å². The second-order valence-electron chi connectivity index (χ2n) is 6.65. The molecule has 3 N–H and O–H groups in total. The van der Waals surface area contributed by atoms with Crippen LogP contribution in [0.3, 0.4) is 0 Å². The number of benzene rings is 2. The van der Waals surface area contributed by atoms with Gasteiger partial charge in [-0.15, -0.1) is 0 Å². The van der Waals surface area contributed by atoms with E-state index < -0.39 is 12.0 Å². The molecule has 0 aliphatic carbocycles. The summed E-state index contributed by atoms with van der Waals surface area (Å²) in [6.07, 6.45) is 2.41. The van der Waals surface area contributed by atoms with Crippen LogP contribution in [0.15, 0.2) is 54.7 Å².